The van der Waals surface area contributed by atoms with Gasteiger partial charge in [0.15, 0.2) is 0 Å². The Morgan fingerprint density at radius 2 is 1.96 bits per heavy atom. The Kier molecular flexibility index (Phi) is 8.46. The Hall–Kier alpha value is -1.52. The van der Waals surface area contributed by atoms with E-state index in [1.54, 1.807) is 11.9 Å². The van der Waals surface area contributed by atoms with Crippen LogP contribution >= 0.6 is 11.9 Å². The second kappa shape index (κ2) is 10.6. The van der Waals surface area contributed by atoms with E-state index in [-0.39, 0.29) is 0 Å². The average molecular weight is 372 g/mol. The minimum Gasteiger partial charge on any atom is -0.366 e. The largest absolute Gasteiger partial charge is 0.366 e. The van der Waals surface area contributed by atoms with Crippen LogP contribution in [0.1, 0.15) is 56.7 Å². The summed E-state index contributed by atoms with van der Waals surface area (Å²) in [7, 11) is 2.08. The second-order valence-corrected chi connectivity index (χ2v) is 8.07. The smallest absolute Gasteiger partial charge is 0.0909 e. The molecule has 0 saturated heterocycles. The molecule has 0 aromatic heterocycles. The van der Waals surface area contributed by atoms with E-state index >= 15 is 0 Å². The van der Waals surface area contributed by atoms with Gasteiger partial charge in [-0.05, 0) is 74.2 Å². The van der Waals surface area contributed by atoms with Crippen LogP contribution in [0.25, 0.3) is 0 Å². The first-order valence-electron chi connectivity index (χ1n) is 9.66. The summed E-state index contributed by atoms with van der Waals surface area (Å²) >= 11 is 1.77. The van der Waals surface area contributed by atoms with Crippen LogP contribution in [0.5, 0.6) is 0 Å². The lowest BCUT2D eigenvalue weighted by Crippen LogP contribution is -2.16. The number of hydrogen-bond donors (Lipinski definition) is 1. The topological polar surface area (TPSA) is 27.6 Å². The summed E-state index contributed by atoms with van der Waals surface area (Å²) in [6, 6.07) is 4.54. The van der Waals surface area contributed by atoms with E-state index in [0.717, 1.165) is 38.0 Å². The third-order valence-corrected chi connectivity index (χ3v) is 5.55. The molecular formula is C22H33N3S. The molecule has 0 fully saturated rings. The van der Waals surface area contributed by atoms with E-state index in [4.69, 9.17) is 4.99 Å². The fraction of sp³-hybridized carbons (Fsp3) is 0.500. The molecule has 1 aliphatic rings. The normalized spacial score (nSPS) is 14.5. The van der Waals surface area contributed by atoms with E-state index in [2.05, 4.69) is 68.6 Å². The van der Waals surface area contributed by atoms with Crippen LogP contribution in [-0.4, -0.2) is 24.8 Å². The number of aliphatic imine (C=N–C) groups is 1. The van der Waals surface area contributed by atoms with Gasteiger partial charge in [-0.25, -0.2) is 4.99 Å². The average Bonchev–Trinajstić information content (AvgIpc) is 2.63. The molecule has 0 radical (unpaired) electrons. The predicted molar refractivity (Wildman–Crippen MR) is 117 cm³/mol. The number of hydrogen-bond acceptors (Lipinski definition) is 3. The van der Waals surface area contributed by atoms with Crippen molar-refractivity contribution in [2.75, 3.05) is 13.6 Å². The second-order valence-electron chi connectivity index (χ2n) is 7.06. The van der Waals surface area contributed by atoms with Crippen molar-refractivity contribution in [1.82, 2.24) is 9.62 Å². The highest BCUT2D eigenvalue weighted by atomic mass is 32.2. The summed E-state index contributed by atoms with van der Waals surface area (Å²) in [4.78, 5) is 8.26. The van der Waals surface area contributed by atoms with Crippen molar-refractivity contribution in [1.29, 1.82) is 0 Å². The fourth-order valence-electron chi connectivity index (χ4n) is 3.02. The van der Waals surface area contributed by atoms with Gasteiger partial charge in [-0.2, -0.15) is 0 Å². The predicted octanol–water partition coefficient (Wildman–Crippen LogP) is 5.92. The van der Waals surface area contributed by atoms with Crippen LogP contribution in [0.3, 0.4) is 0 Å². The van der Waals surface area contributed by atoms with E-state index in [9.17, 15) is 0 Å². The number of benzene rings is 1. The molecular weight excluding hydrogens is 338 g/mol. The Balaban J connectivity index is 2.01. The molecule has 26 heavy (non-hydrogen) atoms. The van der Waals surface area contributed by atoms with Gasteiger partial charge in [0.1, 0.15) is 0 Å². The van der Waals surface area contributed by atoms with E-state index < -0.39 is 0 Å². The third-order valence-electron chi connectivity index (χ3n) is 4.65. The first kappa shape index (κ1) is 20.8. The van der Waals surface area contributed by atoms with E-state index in [1.165, 1.54) is 33.6 Å². The molecule has 4 heteroatoms. The number of allylic oxidation sites excluding steroid dienone is 4. The molecule has 0 bridgehead atoms. The number of aryl methyl sites for hydroxylation is 2. The van der Waals surface area contributed by atoms with Crippen molar-refractivity contribution >= 4 is 24.0 Å². The first-order valence-corrected chi connectivity index (χ1v) is 10.5. The third kappa shape index (κ3) is 6.33. The summed E-state index contributed by atoms with van der Waals surface area (Å²) in [5.74, 6) is 0. The van der Waals surface area contributed by atoms with Gasteiger partial charge >= 0.3 is 0 Å². The standard InChI is InChI=1S/C22H33N3S/c1-6-12-25(5)16-23-22-14-19(7-2)20(13-18(22)4)15-24-26-21-10-8-17(3)9-11-21/h8,10,13-14,16,24H,6-7,9,11-12,15H2,1-5H3. The van der Waals surface area contributed by atoms with Gasteiger partial charge in [0, 0.05) is 25.0 Å². The van der Waals surface area contributed by atoms with Crippen molar-refractivity contribution in [3.8, 4) is 0 Å². The van der Waals surface area contributed by atoms with Crippen molar-refractivity contribution in [2.45, 2.75) is 59.9 Å². The molecule has 0 unspecified atom stereocenters. The summed E-state index contributed by atoms with van der Waals surface area (Å²) < 4.78 is 3.55. The maximum absolute atomic E-state index is 4.69. The minimum atomic E-state index is 0.883. The molecule has 0 atom stereocenters. The van der Waals surface area contributed by atoms with Crippen LogP contribution in [0.15, 0.2) is 39.8 Å². The molecule has 1 aliphatic carbocycles. The van der Waals surface area contributed by atoms with Crippen molar-refractivity contribution in [3.05, 3.63) is 51.5 Å². The summed E-state index contributed by atoms with van der Waals surface area (Å²) in [5, 5.41) is 0. The Bertz CT molecular complexity index is 689. The minimum absolute atomic E-state index is 0.883. The van der Waals surface area contributed by atoms with E-state index in [0.29, 0.717) is 0 Å². The lowest BCUT2D eigenvalue weighted by molar-refractivity contribution is 0.515. The molecule has 1 aromatic carbocycles. The molecule has 3 nitrogen and oxygen atoms in total. The highest BCUT2D eigenvalue weighted by molar-refractivity contribution is 8.01. The van der Waals surface area contributed by atoms with Crippen molar-refractivity contribution in [2.24, 2.45) is 4.99 Å². The molecule has 0 amide bonds. The molecule has 1 aromatic rings. The zero-order valence-electron chi connectivity index (χ0n) is 16.9. The highest BCUT2D eigenvalue weighted by Crippen LogP contribution is 2.27. The monoisotopic (exact) mass is 371 g/mol. The lowest BCUT2D eigenvalue weighted by atomic mass is 10.0. The van der Waals surface area contributed by atoms with Crippen molar-refractivity contribution < 1.29 is 0 Å². The molecule has 0 aliphatic heterocycles. The lowest BCUT2D eigenvalue weighted by Gasteiger charge is -2.15. The molecule has 2 rings (SSSR count). The maximum Gasteiger partial charge on any atom is 0.0909 e. The number of nitrogens with one attached hydrogen (secondary N) is 1. The van der Waals surface area contributed by atoms with Gasteiger partial charge in [-0.15, -0.1) is 0 Å². The van der Waals surface area contributed by atoms with Gasteiger partial charge in [-0.1, -0.05) is 37.6 Å². The van der Waals surface area contributed by atoms with Gasteiger partial charge < -0.3 is 4.90 Å². The molecule has 0 spiro atoms. The van der Waals surface area contributed by atoms with E-state index in [1.807, 2.05) is 6.34 Å². The summed E-state index contributed by atoms with van der Waals surface area (Å²) in [5.41, 5.74) is 6.54. The van der Waals surface area contributed by atoms with Gasteiger partial charge in [0.25, 0.3) is 0 Å². The fourth-order valence-corrected chi connectivity index (χ4v) is 3.77. The maximum atomic E-state index is 4.69. The zero-order valence-corrected chi connectivity index (χ0v) is 17.7. The SMILES string of the molecule is CCCN(C)C=Nc1cc(CC)c(CNSC2=CC=C(C)CC2)cc1C. The quantitative estimate of drug-likeness (QED) is 0.332. The Morgan fingerprint density at radius 1 is 1.15 bits per heavy atom. The van der Waals surface area contributed by atoms with Crippen LogP contribution in [0, 0.1) is 6.92 Å². The number of nitrogens with zero attached hydrogens (tertiary/aromatic N) is 2. The summed E-state index contributed by atoms with van der Waals surface area (Å²) in [6.07, 6.45) is 10.9. The van der Waals surface area contributed by atoms with Gasteiger partial charge in [0.05, 0.1) is 12.0 Å². The summed E-state index contributed by atoms with van der Waals surface area (Å²) in [6.45, 7) is 10.7. The van der Waals surface area contributed by atoms with Crippen LogP contribution in [0.2, 0.25) is 0 Å². The zero-order chi connectivity index (χ0) is 18.9. The van der Waals surface area contributed by atoms with Crippen LogP contribution in [0.4, 0.5) is 5.69 Å². The number of rotatable bonds is 9. The van der Waals surface area contributed by atoms with Gasteiger partial charge in [-0.3, -0.25) is 4.72 Å². The molecule has 0 heterocycles. The first-order chi connectivity index (χ1) is 12.5. The van der Waals surface area contributed by atoms with Crippen LogP contribution < -0.4 is 4.72 Å². The van der Waals surface area contributed by atoms with Crippen LogP contribution in [-0.2, 0) is 13.0 Å². The van der Waals surface area contributed by atoms with Crippen molar-refractivity contribution in [3.63, 3.8) is 0 Å². The highest BCUT2D eigenvalue weighted by Gasteiger charge is 2.08. The Labute approximate surface area is 163 Å². The van der Waals surface area contributed by atoms with Gasteiger partial charge in [0.2, 0.25) is 0 Å². The molecule has 0 saturated carbocycles. The Morgan fingerprint density at radius 3 is 2.62 bits per heavy atom. The molecule has 142 valence electrons. The molecule has 1 N–H and O–H groups in total.